The van der Waals surface area contributed by atoms with Crippen LogP contribution in [0.5, 0.6) is 0 Å². The molecule has 0 saturated heterocycles. The molecule has 1 saturated carbocycles. The number of aliphatic hydroxyl groups excluding tert-OH is 1. The lowest BCUT2D eigenvalue weighted by atomic mass is 9.83. The van der Waals surface area contributed by atoms with Crippen LogP contribution in [0, 0.1) is 5.92 Å². The maximum atomic E-state index is 10.0. The van der Waals surface area contributed by atoms with E-state index in [-0.39, 0.29) is 6.10 Å². The predicted octanol–water partition coefficient (Wildman–Crippen LogP) is 2.43. The maximum absolute atomic E-state index is 10.0. The molecule has 3 rings (SSSR count). The second-order valence-corrected chi connectivity index (χ2v) is 6.14. The topological polar surface area (TPSA) is 75.3 Å². The van der Waals surface area contributed by atoms with Gasteiger partial charge < -0.3 is 10.4 Å². The number of hydrogen-bond donors (Lipinski definition) is 2. The minimum atomic E-state index is -0.0941. The monoisotopic (exact) mass is 303 g/mol. The smallest absolute Gasteiger partial charge is 0.254 e. The van der Waals surface area contributed by atoms with Gasteiger partial charge in [-0.15, -0.1) is 0 Å². The summed E-state index contributed by atoms with van der Waals surface area (Å²) in [6.07, 6.45) is 9.05. The normalized spacial score (nSPS) is 22.1. The average Bonchev–Trinajstić information content (AvgIpc) is 3.01. The molecule has 2 aromatic heterocycles. The Morgan fingerprint density at radius 1 is 1.36 bits per heavy atom. The van der Waals surface area contributed by atoms with Crippen LogP contribution in [0.25, 0.3) is 5.78 Å². The van der Waals surface area contributed by atoms with Crippen molar-refractivity contribution >= 4 is 11.6 Å². The Kier molecular flexibility index (Phi) is 4.87. The third kappa shape index (κ3) is 3.38. The molecular formula is C16H25N5O. The number of aryl methyl sites for hydroxylation is 1. The van der Waals surface area contributed by atoms with E-state index in [1.54, 1.807) is 4.52 Å². The van der Waals surface area contributed by atoms with E-state index in [0.29, 0.717) is 11.7 Å². The van der Waals surface area contributed by atoms with Gasteiger partial charge in [0.05, 0.1) is 6.10 Å². The van der Waals surface area contributed by atoms with Gasteiger partial charge in [0.2, 0.25) is 0 Å². The van der Waals surface area contributed by atoms with Gasteiger partial charge in [-0.1, -0.05) is 19.8 Å². The second-order valence-electron chi connectivity index (χ2n) is 6.14. The second kappa shape index (κ2) is 7.05. The SMILES string of the molecule is CCc1cc(NCCCC2CCCCC2O)n2ncnc2n1. The van der Waals surface area contributed by atoms with E-state index in [4.69, 9.17) is 0 Å². The molecule has 0 aliphatic heterocycles. The van der Waals surface area contributed by atoms with Crippen LogP contribution in [-0.4, -0.2) is 37.3 Å². The summed E-state index contributed by atoms with van der Waals surface area (Å²) in [5.41, 5.74) is 1.02. The van der Waals surface area contributed by atoms with Crippen molar-refractivity contribution < 1.29 is 5.11 Å². The first kappa shape index (κ1) is 15.2. The van der Waals surface area contributed by atoms with Crippen LogP contribution in [0.15, 0.2) is 12.4 Å². The molecule has 0 aromatic carbocycles. The summed E-state index contributed by atoms with van der Waals surface area (Å²) in [5, 5.41) is 17.7. The first-order valence-corrected chi connectivity index (χ1v) is 8.39. The number of fused-ring (bicyclic) bond motifs is 1. The van der Waals surface area contributed by atoms with Gasteiger partial charge >= 0.3 is 0 Å². The zero-order valence-electron chi connectivity index (χ0n) is 13.2. The third-order valence-electron chi connectivity index (χ3n) is 4.59. The molecule has 0 bridgehead atoms. The van der Waals surface area contributed by atoms with Crippen LogP contribution in [-0.2, 0) is 6.42 Å². The molecule has 6 heteroatoms. The average molecular weight is 303 g/mol. The Morgan fingerprint density at radius 3 is 3.05 bits per heavy atom. The van der Waals surface area contributed by atoms with Gasteiger partial charge in [0.15, 0.2) is 0 Å². The molecule has 120 valence electrons. The van der Waals surface area contributed by atoms with Crippen molar-refractivity contribution in [2.24, 2.45) is 5.92 Å². The van der Waals surface area contributed by atoms with E-state index in [1.165, 1.54) is 25.6 Å². The van der Waals surface area contributed by atoms with Crippen molar-refractivity contribution in [2.45, 2.75) is 58.0 Å². The highest BCUT2D eigenvalue weighted by molar-refractivity contribution is 5.44. The number of hydrogen-bond acceptors (Lipinski definition) is 5. The molecule has 2 atom stereocenters. The van der Waals surface area contributed by atoms with E-state index in [1.807, 2.05) is 6.07 Å². The summed E-state index contributed by atoms with van der Waals surface area (Å²) < 4.78 is 1.74. The Bertz CT molecular complexity index is 612. The van der Waals surface area contributed by atoms with E-state index in [0.717, 1.165) is 43.7 Å². The van der Waals surface area contributed by atoms with Gasteiger partial charge in [-0.3, -0.25) is 0 Å². The molecule has 0 radical (unpaired) electrons. The quantitative estimate of drug-likeness (QED) is 0.802. The minimum Gasteiger partial charge on any atom is -0.393 e. The highest BCUT2D eigenvalue weighted by atomic mass is 16.3. The summed E-state index contributed by atoms with van der Waals surface area (Å²) in [4.78, 5) is 8.61. The summed E-state index contributed by atoms with van der Waals surface area (Å²) >= 11 is 0. The standard InChI is InChI=1S/C16H25N5O/c1-2-13-10-15(21-16(20-13)18-11-19-21)17-9-5-7-12-6-3-4-8-14(12)22/h10-12,14,17,22H,2-9H2,1H3. The van der Waals surface area contributed by atoms with Crippen LogP contribution >= 0.6 is 0 Å². The van der Waals surface area contributed by atoms with E-state index in [9.17, 15) is 5.11 Å². The van der Waals surface area contributed by atoms with Gasteiger partial charge in [0, 0.05) is 18.3 Å². The van der Waals surface area contributed by atoms with Crippen LogP contribution < -0.4 is 5.32 Å². The molecular weight excluding hydrogens is 278 g/mol. The van der Waals surface area contributed by atoms with Crippen LogP contribution in [0.1, 0.15) is 51.1 Å². The van der Waals surface area contributed by atoms with Crippen molar-refractivity contribution in [3.05, 3.63) is 18.1 Å². The number of anilines is 1. The van der Waals surface area contributed by atoms with Crippen molar-refractivity contribution in [1.82, 2.24) is 19.6 Å². The van der Waals surface area contributed by atoms with Gasteiger partial charge in [-0.05, 0) is 38.0 Å². The molecule has 6 nitrogen and oxygen atoms in total. The van der Waals surface area contributed by atoms with E-state index < -0.39 is 0 Å². The Hall–Kier alpha value is -1.69. The summed E-state index contributed by atoms with van der Waals surface area (Å²) in [6, 6.07) is 2.04. The Morgan fingerprint density at radius 2 is 2.23 bits per heavy atom. The molecule has 1 aliphatic carbocycles. The zero-order valence-corrected chi connectivity index (χ0v) is 13.2. The molecule has 2 aromatic rings. The summed E-state index contributed by atoms with van der Waals surface area (Å²) in [7, 11) is 0. The fourth-order valence-electron chi connectivity index (χ4n) is 3.27. The minimum absolute atomic E-state index is 0.0941. The maximum Gasteiger partial charge on any atom is 0.254 e. The first-order chi connectivity index (χ1) is 10.8. The first-order valence-electron chi connectivity index (χ1n) is 8.39. The van der Waals surface area contributed by atoms with Gasteiger partial charge in [0.25, 0.3) is 5.78 Å². The van der Waals surface area contributed by atoms with Gasteiger partial charge in [-0.2, -0.15) is 14.6 Å². The molecule has 2 N–H and O–H groups in total. The van der Waals surface area contributed by atoms with Crippen molar-refractivity contribution in [3.8, 4) is 0 Å². The van der Waals surface area contributed by atoms with Crippen molar-refractivity contribution in [1.29, 1.82) is 0 Å². The highest BCUT2D eigenvalue weighted by Gasteiger charge is 2.22. The van der Waals surface area contributed by atoms with E-state index >= 15 is 0 Å². The fourth-order valence-corrected chi connectivity index (χ4v) is 3.27. The largest absolute Gasteiger partial charge is 0.393 e. The number of nitrogens with zero attached hydrogens (tertiary/aromatic N) is 4. The molecule has 1 fully saturated rings. The lowest BCUT2D eigenvalue weighted by molar-refractivity contribution is 0.0648. The van der Waals surface area contributed by atoms with Gasteiger partial charge in [-0.25, -0.2) is 4.98 Å². The molecule has 1 aliphatic rings. The van der Waals surface area contributed by atoms with Crippen LogP contribution in [0.3, 0.4) is 0 Å². The molecule has 0 amide bonds. The summed E-state index contributed by atoms with van der Waals surface area (Å²) in [6.45, 7) is 2.97. The zero-order chi connectivity index (χ0) is 15.4. The highest BCUT2D eigenvalue weighted by Crippen LogP contribution is 2.27. The summed E-state index contributed by atoms with van der Waals surface area (Å²) in [5.74, 6) is 2.07. The molecule has 2 heterocycles. The van der Waals surface area contributed by atoms with Gasteiger partial charge in [0.1, 0.15) is 12.1 Å². The van der Waals surface area contributed by atoms with Crippen LogP contribution in [0.4, 0.5) is 5.82 Å². The molecule has 22 heavy (non-hydrogen) atoms. The number of rotatable bonds is 6. The third-order valence-corrected chi connectivity index (χ3v) is 4.59. The number of aromatic nitrogens is 4. The Labute approximate surface area is 131 Å². The van der Waals surface area contributed by atoms with Crippen molar-refractivity contribution in [2.75, 3.05) is 11.9 Å². The lowest BCUT2D eigenvalue weighted by Gasteiger charge is -2.27. The van der Waals surface area contributed by atoms with Crippen LogP contribution in [0.2, 0.25) is 0 Å². The van der Waals surface area contributed by atoms with E-state index in [2.05, 4.69) is 27.3 Å². The van der Waals surface area contributed by atoms with Crippen molar-refractivity contribution in [3.63, 3.8) is 0 Å². The lowest BCUT2D eigenvalue weighted by Crippen LogP contribution is -2.24. The predicted molar refractivity (Wildman–Crippen MR) is 85.8 cm³/mol. The Balaban J connectivity index is 1.56. The molecule has 0 spiro atoms. The fraction of sp³-hybridized carbons (Fsp3) is 0.688. The number of aliphatic hydroxyl groups is 1. The number of nitrogens with one attached hydrogen (secondary N) is 1. The molecule has 2 unspecified atom stereocenters.